The molecule has 1 aliphatic carbocycles. The second-order valence-electron chi connectivity index (χ2n) is 4.07. The van der Waals surface area contributed by atoms with Gasteiger partial charge in [0, 0.05) is 12.5 Å². The van der Waals surface area contributed by atoms with Gasteiger partial charge >= 0.3 is 0 Å². The van der Waals surface area contributed by atoms with Crippen molar-refractivity contribution in [3.63, 3.8) is 0 Å². The predicted molar refractivity (Wildman–Crippen MR) is 55.7 cm³/mol. The van der Waals surface area contributed by atoms with E-state index in [1.807, 2.05) is 0 Å². The van der Waals surface area contributed by atoms with Crippen molar-refractivity contribution in [2.24, 2.45) is 17.7 Å². The molecule has 0 aromatic carbocycles. The molecule has 13 heavy (non-hydrogen) atoms. The topological polar surface area (TPSA) is 38.0 Å². The highest BCUT2D eigenvalue weighted by atomic mass is 15.2. The van der Waals surface area contributed by atoms with Crippen molar-refractivity contribution in [3.8, 4) is 12.3 Å². The van der Waals surface area contributed by atoms with E-state index in [4.69, 9.17) is 12.3 Å². The Kier molecular flexibility index (Phi) is 4.27. The summed E-state index contributed by atoms with van der Waals surface area (Å²) in [7, 11) is 0. The maximum Gasteiger partial charge on any atom is 0.0239 e. The Balaban J connectivity index is 2.20. The summed E-state index contributed by atoms with van der Waals surface area (Å²) in [4.78, 5) is 0. The standard InChI is InChI=1S/C11H20N2/c1-3-4-5-6-11(13-12)9(2)10-7-8-10/h1,9-11,13H,4-8,12H2,2H3. The van der Waals surface area contributed by atoms with Crippen molar-refractivity contribution in [1.29, 1.82) is 0 Å². The van der Waals surface area contributed by atoms with Crippen LogP contribution in [-0.4, -0.2) is 6.04 Å². The van der Waals surface area contributed by atoms with E-state index in [0.29, 0.717) is 12.0 Å². The van der Waals surface area contributed by atoms with Crippen molar-refractivity contribution < 1.29 is 0 Å². The second kappa shape index (κ2) is 5.26. The molecular weight excluding hydrogens is 160 g/mol. The first-order chi connectivity index (χ1) is 6.29. The summed E-state index contributed by atoms with van der Waals surface area (Å²) in [6, 6.07) is 0.459. The number of nitrogens with two attached hydrogens (primary N) is 1. The fourth-order valence-corrected chi connectivity index (χ4v) is 1.87. The van der Waals surface area contributed by atoms with Gasteiger partial charge in [0.25, 0.3) is 0 Å². The minimum atomic E-state index is 0.459. The number of terminal acetylenes is 1. The summed E-state index contributed by atoms with van der Waals surface area (Å²) in [6.07, 6.45) is 11.0. The maximum absolute atomic E-state index is 5.52. The van der Waals surface area contributed by atoms with Crippen LogP contribution in [0, 0.1) is 24.2 Å². The number of hydrazine groups is 1. The van der Waals surface area contributed by atoms with Gasteiger partial charge in [0.15, 0.2) is 0 Å². The third-order valence-electron chi connectivity index (χ3n) is 3.05. The van der Waals surface area contributed by atoms with Crippen molar-refractivity contribution in [2.45, 2.75) is 45.1 Å². The molecule has 1 rings (SSSR count). The van der Waals surface area contributed by atoms with Gasteiger partial charge < -0.3 is 0 Å². The van der Waals surface area contributed by atoms with E-state index >= 15 is 0 Å². The van der Waals surface area contributed by atoms with Crippen LogP contribution >= 0.6 is 0 Å². The van der Waals surface area contributed by atoms with Gasteiger partial charge in [-0.25, -0.2) is 0 Å². The first-order valence-electron chi connectivity index (χ1n) is 5.19. The molecule has 74 valence electrons. The van der Waals surface area contributed by atoms with Crippen LogP contribution in [0.1, 0.15) is 39.0 Å². The summed E-state index contributed by atoms with van der Waals surface area (Å²) >= 11 is 0. The molecule has 1 saturated carbocycles. The summed E-state index contributed by atoms with van der Waals surface area (Å²) in [5.74, 6) is 9.80. The third kappa shape index (κ3) is 3.38. The Labute approximate surface area is 81.2 Å². The van der Waals surface area contributed by atoms with Crippen LogP contribution in [-0.2, 0) is 0 Å². The molecule has 0 heterocycles. The molecule has 2 unspecified atom stereocenters. The Bertz CT molecular complexity index is 179. The molecule has 0 bridgehead atoms. The van der Waals surface area contributed by atoms with Crippen molar-refractivity contribution in [2.75, 3.05) is 0 Å². The van der Waals surface area contributed by atoms with Crippen LogP contribution < -0.4 is 11.3 Å². The molecule has 3 N–H and O–H groups in total. The van der Waals surface area contributed by atoms with E-state index in [1.165, 1.54) is 12.8 Å². The molecule has 0 amide bonds. The Hall–Kier alpha value is -0.520. The van der Waals surface area contributed by atoms with E-state index in [2.05, 4.69) is 18.3 Å². The highest BCUT2D eigenvalue weighted by Crippen LogP contribution is 2.38. The van der Waals surface area contributed by atoms with Crippen molar-refractivity contribution >= 4 is 0 Å². The molecule has 1 aliphatic rings. The molecule has 2 atom stereocenters. The molecule has 0 radical (unpaired) electrons. The lowest BCUT2D eigenvalue weighted by atomic mass is 9.93. The minimum Gasteiger partial charge on any atom is -0.271 e. The smallest absolute Gasteiger partial charge is 0.0239 e. The van der Waals surface area contributed by atoms with Crippen LogP contribution in [0.15, 0.2) is 0 Å². The zero-order chi connectivity index (χ0) is 9.68. The molecular formula is C11H20N2. The summed E-state index contributed by atoms with van der Waals surface area (Å²) in [5, 5.41) is 0. The van der Waals surface area contributed by atoms with Crippen molar-refractivity contribution in [3.05, 3.63) is 0 Å². The van der Waals surface area contributed by atoms with Crippen LogP contribution in [0.25, 0.3) is 0 Å². The van der Waals surface area contributed by atoms with Gasteiger partial charge in [-0.1, -0.05) is 6.92 Å². The van der Waals surface area contributed by atoms with Gasteiger partial charge in [-0.3, -0.25) is 11.3 Å². The first kappa shape index (κ1) is 10.6. The van der Waals surface area contributed by atoms with E-state index in [9.17, 15) is 0 Å². The monoisotopic (exact) mass is 180 g/mol. The van der Waals surface area contributed by atoms with Gasteiger partial charge in [-0.2, -0.15) is 0 Å². The SMILES string of the molecule is C#CCCCC(NN)C(C)C1CC1. The Morgan fingerprint density at radius 1 is 1.62 bits per heavy atom. The second-order valence-corrected chi connectivity index (χ2v) is 4.07. The molecule has 0 spiro atoms. The number of unbranched alkanes of at least 4 members (excludes halogenated alkanes) is 1. The summed E-state index contributed by atoms with van der Waals surface area (Å²) in [5.41, 5.74) is 2.91. The molecule has 2 heteroatoms. The van der Waals surface area contributed by atoms with E-state index < -0.39 is 0 Å². The lowest BCUT2D eigenvalue weighted by Crippen LogP contribution is -2.40. The lowest BCUT2D eigenvalue weighted by Gasteiger charge is -2.22. The zero-order valence-corrected chi connectivity index (χ0v) is 8.42. The number of rotatable bonds is 6. The first-order valence-corrected chi connectivity index (χ1v) is 5.19. The van der Waals surface area contributed by atoms with Crippen LogP contribution in [0.2, 0.25) is 0 Å². The van der Waals surface area contributed by atoms with E-state index in [0.717, 1.165) is 25.2 Å². The average molecular weight is 180 g/mol. The van der Waals surface area contributed by atoms with Gasteiger partial charge in [0.2, 0.25) is 0 Å². The molecule has 2 nitrogen and oxygen atoms in total. The fraction of sp³-hybridized carbons (Fsp3) is 0.818. The Morgan fingerprint density at radius 3 is 2.77 bits per heavy atom. The number of hydrogen-bond donors (Lipinski definition) is 2. The molecule has 0 aromatic rings. The highest BCUT2D eigenvalue weighted by Gasteiger charge is 2.32. The summed E-state index contributed by atoms with van der Waals surface area (Å²) < 4.78 is 0. The third-order valence-corrected chi connectivity index (χ3v) is 3.05. The summed E-state index contributed by atoms with van der Waals surface area (Å²) in [6.45, 7) is 2.29. The number of hydrogen-bond acceptors (Lipinski definition) is 2. The average Bonchev–Trinajstić information content (AvgIpc) is 2.94. The maximum atomic E-state index is 5.52. The normalized spacial score (nSPS) is 20.7. The van der Waals surface area contributed by atoms with Gasteiger partial charge in [-0.15, -0.1) is 12.3 Å². The molecule has 0 aliphatic heterocycles. The van der Waals surface area contributed by atoms with E-state index in [1.54, 1.807) is 0 Å². The molecule has 0 saturated heterocycles. The van der Waals surface area contributed by atoms with Crippen molar-refractivity contribution in [1.82, 2.24) is 5.43 Å². The van der Waals surface area contributed by atoms with Crippen LogP contribution in [0.5, 0.6) is 0 Å². The minimum absolute atomic E-state index is 0.459. The fourth-order valence-electron chi connectivity index (χ4n) is 1.87. The molecule has 0 aromatic heterocycles. The van der Waals surface area contributed by atoms with Crippen LogP contribution in [0.4, 0.5) is 0 Å². The quantitative estimate of drug-likeness (QED) is 0.282. The van der Waals surface area contributed by atoms with Crippen LogP contribution in [0.3, 0.4) is 0 Å². The lowest BCUT2D eigenvalue weighted by molar-refractivity contribution is 0.324. The van der Waals surface area contributed by atoms with Gasteiger partial charge in [0.05, 0.1) is 0 Å². The number of nitrogens with one attached hydrogen (secondary N) is 1. The highest BCUT2D eigenvalue weighted by molar-refractivity contribution is 4.88. The molecule has 1 fully saturated rings. The van der Waals surface area contributed by atoms with Gasteiger partial charge in [-0.05, 0) is 37.5 Å². The Morgan fingerprint density at radius 2 is 2.31 bits per heavy atom. The largest absolute Gasteiger partial charge is 0.271 e. The predicted octanol–water partition coefficient (Wildman–Crippen LogP) is 1.67. The zero-order valence-electron chi connectivity index (χ0n) is 8.42. The van der Waals surface area contributed by atoms with E-state index in [-0.39, 0.29) is 0 Å². The van der Waals surface area contributed by atoms with Gasteiger partial charge in [0.1, 0.15) is 0 Å².